The van der Waals surface area contributed by atoms with Crippen LogP contribution in [0.4, 0.5) is 0 Å². The Labute approximate surface area is 138 Å². The first-order valence-corrected chi connectivity index (χ1v) is 9.28. The summed E-state index contributed by atoms with van der Waals surface area (Å²) in [6.45, 7) is 4.60. The van der Waals surface area contributed by atoms with E-state index in [1.807, 2.05) is 6.92 Å². The molecule has 2 nitrogen and oxygen atoms in total. The van der Waals surface area contributed by atoms with Gasteiger partial charge in [0.1, 0.15) is 0 Å². The third-order valence-corrected chi connectivity index (χ3v) is 3.66. The van der Waals surface area contributed by atoms with Crippen molar-refractivity contribution in [2.24, 2.45) is 0 Å². The molecule has 0 saturated carbocycles. The van der Waals surface area contributed by atoms with E-state index in [1.54, 1.807) is 0 Å². The first kappa shape index (κ1) is 20.9. The van der Waals surface area contributed by atoms with Crippen molar-refractivity contribution in [2.45, 2.75) is 90.9 Å². The lowest BCUT2D eigenvalue weighted by Crippen LogP contribution is -2.02. The molecule has 0 aromatic carbocycles. The second-order valence-corrected chi connectivity index (χ2v) is 5.82. The van der Waals surface area contributed by atoms with E-state index in [4.69, 9.17) is 4.74 Å². The summed E-state index contributed by atoms with van der Waals surface area (Å²) in [5.41, 5.74) is 0. The number of carbonyl (C=O) groups is 1. The minimum Gasteiger partial charge on any atom is -0.466 e. The molecule has 0 fully saturated rings. The first-order valence-electron chi connectivity index (χ1n) is 9.28. The Hall–Kier alpha value is -1.05. The number of unbranched alkanes of at least 4 members (excludes halogenated alkanes) is 9. The van der Waals surface area contributed by atoms with Gasteiger partial charge in [0.2, 0.25) is 0 Å². The van der Waals surface area contributed by atoms with Crippen LogP contribution < -0.4 is 0 Å². The van der Waals surface area contributed by atoms with Crippen LogP contribution >= 0.6 is 0 Å². The number of hydrogen-bond acceptors (Lipinski definition) is 2. The number of allylic oxidation sites excluding steroid dienone is 4. The van der Waals surface area contributed by atoms with Gasteiger partial charge >= 0.3 is 5.97 Å². The van der Waals surface area contributed by atoms with Gasteiger partial charge in [0.25, 0.3) is 0 Å². The van der Waals surface area contributed by atoms with Crippen LogP contribution in [0.2, 0.25) is 0 Å². The molecule has 0 bridgehead atoms. The zero-order chi connectivity index (χ0) is 16.3. The smallest absolute Gasteiger partial charge is 0.305 e. The average Bonchev–Trinajstić information content (AvgIpc) is 2.51. The van der Waals surface area contributed by atoms with E-state index < -0.39 is 0 Å². The maximum absolute atomic E-state index is 11.1. The van der Waals surface area contributed by atoms with E-state index >= 15 is 0 Å². The number of hydrogen-bond donors (Lipinski definition) is 0. The largest absolute Gasteiger partial charge is 0.466 e. The standard InChI is InChI=1S/C20H36O2/c1-3-5-6-7-8-9-10-11-12-13-14-15-16-17-18-19-20(21)22-4-2/h10-13H,3-9,14-19H2,1-2H3/b11-10+,13-12+. The van der Waals surface area contributed by atoms with E-state index in [0.717, 1.165) is 19.3 Å². The van der Waals surface area contributed by atoms with Crippen LogP contribution in [0.15, 0.2) is 24.3 Å². The van der Waals surface area contributed by atoms with Crippen molar-refractivity contribution in [3.63, 3.8) is 0 Å². The summed E-state index contributed by atoms with van der Waals surface area (Å²) in [7, 11) is 0. The molecule has 0 spiro atoms. The van der Waals surface area contributed by atoms with Crippen LogP contribution in [0.25, 0.3) is 0 Å². The SMILES string of the molecule is CCCCCCC/C=C/C=C/CCCCCCC(=O)OCC. The molecular weight excluding hydrogens is 272 g/mol. The van der Waals surface area contributed by atoms with E-state index in [9.17, 15) is 4.79 Å². The third kappa shape index (κ3) is 17.0. The second kappa shape index (κ2) is 18.0. The van der Waals surface area contributed by atoms with Gasteiger partial charge in [0.15, 0.2) is 0 Å². The lowest BCUT2D eigenvalue weighted by Gasteiger charge is -2.01. The molecule has 0 amide bonds. The van der Waals surface area contributed by atoms with Crippen LogP contribution in [0, 0.1) is 0 Å². The minimum absolute atomic E-state index is 0.0535. The summed E-state index contributed by atoms with van der Waals surface area (Å²) < 4.78 is 4.90. The van der Waals surface area contributed by atoms with Gasteiger partial charge in [-0.05, 0) is 39.0 Å². The molecule has 0 heterocycles. The molecule has 0 atom stereocenters. The van der Waals surface area contributed by atoms with Gasteiger partial charge < -0.3 is 4.74 Å². The highest BCUT2D eigenvalue weighted by molar-refractivity contribution is 5.69. The van der Waals surface area contributed by atoms with E-state index in [0.29, 0.717) is 13.0 Å². The average molecular weight is 309 g/mol. The van der Waals surface area contributed by atoms with E-state index in [1.165, 1.54) is 51.4 Å². The fraction of sp³-hybridized carbons (Fsp3) is 0.750. The van der Waals surface area contributed by atoms with Gasteiger partial charge in [-0.25, -0.2) is 0 Å². The predicted molar refractivity (Wildman–Crippen MR) is 96.0 cm³/mol. The minimum atomic E-state index is -0.0535. The zero-order valence-corrected chi connectivity index (χ0v) is 14.8. The van der Waals surface area contributed by atoms with Gasteiger partial charge in [-0.1, -0.05) is 69.8 Å². The van der Waals surface area contributed by atoms with Crippen molar-refractivity contribution in [2.75, 3.05) is 6.61 Å². The van der Waals surface area contributed by atoms with E-state index in [-0.39, 0.29) is 5.97 Å². The number of rotatable bonds is 15. The van der Waals surface area contributed by atoms with Gasteiger partial charge in [-0.3, -0.25) is 4.79 Å². The Morgan fingerprint density at radius 1 is 0.773 bits per heavy atom. The highest BCUT2D eigenvalue weighted by Gasteiger charge is 1.99. The summed E-state index contributed by atoms with van der Waals surface area (Å²) in [5.74, 6) is -0.0535. The lowest BCUT2D eigenvalue weighted by molar-refractivity contribution is -0.143. The molecule has 0 radical (unpaired) electrons. The van der Waals surface area contributed by atoms with Crippen molar-refractivity contribution in [3.8, 4) is 0 Å². The highest BCUT2D eigenvalue weighted by atomic mass is 16.5. The van der Waals surface area contributed by atoms with Crippen molar-refractivity contribution in [1.82, 2.24) is 0 Å². The topological polar surface area (TPSA) is 26.3 Å². The maximum Gasteiger partial charge on any atom is 0.305 e. The molecule has 22 heavy (non-hydrogen) atoms. The Balaban J connectivity index is 3.25. The lowest BCUT2D eigenvalue weighted by atomic mass is 10.1. The van der Waals surface area contributed by atoms with Crippen LogP contribution in [0.3, 0.4) is 0 Å². The molecule has 0 aliphatic carbocycles. The molecule has 0 aliphatic rings. The monoisotopic (exact) mass is 308 g/mol. The normalized spacial score (nSPS) is 11.5. The number of carbonyl (C=O) groups excluding carboxylic acids is 1. The number of esters is 1. The first-order chi connectivity index (χ1) is 10.8. The van der Waals surface area contributed by atoms with Crippen LogP contribution in [-0.2, 0) is 9.53 Å². The highest BCUT2D eigenvalue weighted by Crippen LogP contribution is 2.07. The summed E-state index contributed by atoms with van der Waals surface area (Å²) in [6, 6.07) is 0. The maximum atomic E-state index is 11.1. The van der Waals surface area contributed by atoms with Crippen LogP contribution in [-0.4, -0.2) is 12.6 Å². The van der Waals surface area contributed by atoms with Crippen molar-refractivity contribution >= 4 is 5.97 Å². The Kier molecular flexibility index (Phi) is 17.1. The second-order valence-electron chi connectivity index (χ2n) is 5.82. The van der Waals surface area contributed by atoms with Gasteiger partial charge in [0.05, 0.1) is 6.61 Å². The molecule has 0 saturated heterocycles. The molecule has 0 rings (SSSR count). The molecule has 2 heteroatoms. The predicted octanol–water partition coefficient (Wildman–Crippen LogP) is 6.36. The summed E-state index contributed by atoms with van der Waals surface area (Å²) in [5, 5.41) is 0. The van der Waals surface area contributed by atoms with Crippen molar-refractivity contribution < 1.29 is 9.53 Å². The molecular formula is C20H36O2. The van der Waals surface area contributed by atoms with Crippen LogP contribution in [0.5, 0.6) is 0 Å². The molecule has 0 unspecified atom stereocenters. The van der Waals surface area contributed by atoms with Gasteiger partial charge in [-0.15, -0.1) is 0 Å². The van der Waals surface area contributed by atoms with Crippen LogP contribution in [0.1, 0.15) is 90.9 Å². The summed E-state index contributed by atoms with van der Waals surface area (Å²) in [6.07, 6.45) is 23.1. The Morgan fingerprint density at radius 3 is 1.86 bits per heavy atom. The summed E-state index contributed by atoms with van der Waals surface area (Å²) in [4.78, 5) is 11.1. The fourth-order valence-corrected chi connectivity index (χ4v) is 2.33. The molecule has 128 valence electrons. The molecule has 0 aliphatic heterocycles. The van der Waals surface area contributed by atoms with Gasteiger partial charge in [-0.2, -0.15) is 0 Å². The Bertz CT molecular complexity index is 292. The quantitative estimate of drug-likeness (QED) is 0.200. The molecule has 0 aromatic heterocycles. The third-order valence-electron chi connectivity index (χ3n) is 3.66. The fourth-order valence-electron chi connectivity index (χ4n) is 2.33. The Morgan fingerprint density at radius 2 is 1.32 bits per heavy atom. The summed E-state index contributed by atoms with van der Waals surface area (Å²) >= 11 is 0. The van der Waals surface area contributed by atoms with E-state index in [2.05, 4.69) is 31.2 Å². The zero-order valence-electron chi connectivity index (χ0n) is 14.8. The van der Waals surface area contributed by atoms with Crippen molar-refractivity contribution in [1.29, 1.82) is 0 Å². The van der Waals surface area contributed by atoms with Crippen molar-refractivity contribution in [3.05, 3.63) is 24.3 Å². The molecule has 0 N–H and O–H groups in total. The van der Waals surface area contributed by atoms with Gasteiger partial charge in [0, 0.05) is 6.42 Å². The molecule has 0 aromatic rings. The number of ether oxygens (including phenoxy) is 1.